The number of aliphatic hydroxyl groups is 1. The Morgan fingerprint density at radius 2 is 0.696 bits per heavy atom. The molecule has 1 unspecified atom stereocenters. The fourth-order valence-corrected chi connectivity index (χ4v) is 9.68. The Morgan fingerprint density at radius 1 is 0.457 bits per heavy atom. The summed E-state index contributed by atoms with van der Waals surface area (Å²) < 4.78 is 0. The van der Waals surface area contributed by atoms with Gasteiger partial charge in [-0.05, 0) is 83.1 Å². The highest BCUT2D eigenvalue weighted by atomic mass is 32.2. The number of hydrogen-bond acceptors (Lipinski definition) is 7. The average molecular weight is 680 g/mol. The van der Waals surface area contributed by atoms with Gasteiger partial charge in [0.15, 0.2) is 0 Å². The van der Waals surface area contributed by atoms with Gasteiger partial charge in [-0.1, -0.05) is 118 Å². The summed E-state index contributed by atoms with van der Waals surface area (Å²) in [7, 11) is 0. The zero-order chi connectivity index (χ0) is 32.5. The molecule has 2 amide bonds. The molecule has 0 saturated carbocycles. The van der Waals surface area contributed by atoms with Crippen LogP contribution in [-0.2, 0) is 0 Å². The largest absolute Gasteiger partial charge is 0.373 e. The van der Waals surface area contributed by atoms with Crippen LogP contribution in [0.25, 0.3) is 0 Å². The first-order chi connectivity index (χ1) is 22.1. The molecule has 0 spiro atoms. The quantitative estimate of drug-likeness (QED) is 0.156. The van der Waals surface area contributed by atoms with Crippen LogP contribution in [0.2, 0.25) is 0 Å². The lowest BCUT2D eigenvalue weighted by Crippen LogP contribution is -2.37. The second-order valence-electron chi connectivity index (χ2n) is 11.3. The minimum atomic E-state index is -1.27. The summed E-state index contributed by atoms with van der Waals surface area (Å²) in [5.74, 6) is -0.957. The third-order valence-electron chi connectivity index (χ3n) is 7.53. The van der Waals surface area contributed by atoms with Crippen LogP contribution in [0.5, 0.6) is 0 Å². The van der Waals surface area contributed by atoms with Crippen molar-refractivity contribution < 1.29 is 14.7 Å². The van der Waals surface area contributed by atoms with E-state index in [2.05, 4.69) is 62.4 Å². The minimum Gasteiger partial charge on any atom is -0.373 e. The Morgan fingerprint density at radius 3 is 0.935 bits per heavy atom. The van der Waals surface area contributed by atoms with Crippen molar-refractivity contribution in [1.29, 1.82) is 0 Å². The molecule has 8 heteroatoms. The predicted molar refractivity (Wildman–Crippen MR) is 190 cm³/mol. The molecule has 1 heterocycles. The summed E-state index contributed by atoms with van der Waals surface area (Å²) in [5, 5.41) is 10.7. The van der Waals surface area contributed by atoms with Crippen LogP contribution in [0.4, 0.5) is 0 Å². The summed E-state index contributed by atoms with van der Waals surface area (Å²) in [6.45, 7) is 9.67. The topological polar surface area (TPSA) is 57.6 Å². The fourth-order valence-electron chi connectivity index (χ4n) is 5.02. The van der Waals surface area contributed by atoms with E-state index in [0.29, 0.717) is 20.9 Å². The molecule has 0 aromatic heterocycles. The predicted octanol–water partition coefficient (Wildman–Crippen LogP) is 10.5. The van der Waals surface area contributed by atoms with E-state index in [4.69, 9.17) is 0 Å². The fraction of sp³-hybridized carbons (Fsp3) is 0.158. The van der Waals surface area contributed by atoms with Crippen LogP contribution in [0.1, 0.15) is 49.9 Å². The lowest BCUT2D eigenvalue weighted by atomic mass is 10.1. The molecule has 0 fully saturated rings. The van der Waals surface area contributed by atoms with Crippen molar-refractivity contribution in [2.24, 2.45) is 0 Å². The normalized spacial score (nSPS) is 13.3. The zero-order valence-electron chi connectivity index (χ0n) is 26.2. The van der Waals surface area contributed by atoms with Gasteiger partial charge in [0.2, 0.25) is 0 Å². The summed E-state index contributed by atoms with van der Waals surface area (Å²) in [6.07, 6.45) is -1.27. The summed E-state index contributed by atoms with van der Waals surface area (Å²) >= 11 is 6.18. The zero-order valence-corrected chi connectivity index (χ0v) is 29.4. The molecule has 6 rings (SSSR count). The Labute approximate surface area is 287 Å². The molecule has 0 radical (unpaired) electrons. The van der Waals surface area contributed by atoms with Gasteiger partial charge in [0.1, 0.15) is 6.23 Å². The van der Waals surface area contributed by atoms with Gasteiger partial charge in [-0.15, -0.1) is 0 Å². The van der Waals surface area contributed by atoms with E-state index in [-0.39, 0.29) is 0 Å². The number of carbonyl (C=O) groups excluding carboxylic acids is 2. The third kappa shape index (κ3) is 6.82. The number of imide groups is 1. The van der Waals surface area contributed by atoms with E-state index in [1.807, 2.05) is 62.4 Å². The van der Waals surface area contributed by atoms with Crippen LogP contribution >= 0.6 is 47.0 Å². The van der Waals surface area contributed by atoms with Crippen LogP contribution < -0.4 is 0 Å². The molecule has 1 atom stereocenters. The van der Waals surface area contributed by atoms with Gasteiger partial charge < -0.3 is 5.11 Å². The van der Waals surface area contributed by atoms with Gasteiger partial charge >= 0.3 is 0 Å². The van der Waals surface area contributed by atoms with E-state index in [0.717, 1.165) is 56.5 Å². The number of benzene rings is 5. The molecule has 1 aliphatic heterocycles. The van der Waals surface area contributed by atoms with Crippen LogP contribution in [0.3, 0.4) is 0 Å². The molecule has 232 valence electrons. The maximum absolute atomic E-state index is 14.2. The first-order valence-electron chi connectivity index (χ1n) is 14.9. The Balaban J connectivity index is 1.68. The van der Waals surface area contributed by atoms with Gasteiger partial charge in [-0.2, -0.15) is 0 Å². The van der Waals surface area contributed by atoms with Gasteiger partial charge in [-0.25, -0.2) is 4.90 Å². The highest BCUT2D eigenvalue weighted by Gasteiger charge is 2.44. The van der Waals surface area contributed by atoms with Crippen molar-refractivity contribution in [2.75, 3.05) is 0 Å². The molecule has 0 aliphatic carbocycles. The Hall–Kier alpha value is -3.40. The summed E-state index contributed by atoms with van der Waals surface area (Å²) in [4.78, 5) is 36.7. The maximum Gasteiger partial charge on any atom is 0.264 e. The second kappa shape index (κ2) is 13.8. The lowest BCUT2D eigenvalue weighted by Gasteiger charge is -2.21. The Kier molecular flexibility index (Phi) is 9.73. The van der Waals surface area contributed by atoms with E-state index in [1.54, 1.807) is 23.5 Å². The molecule has 0 saturated heterocycles. The third-order valence-corrected chi connectivity index (χ3v) is 12.4. The Bertz CT molecular complexity index is 1780. The average Bonchev–Trinajstić information content (AvgIpc) is 3.30. The van der Waals surface area contributed by atoms with Gasteiger partial charge in [-0.3, -0.25) is 9.59 Å². The van der Waals surface area contributed by atoms with Crippen molar-refractivity contribution in [2.45, 2.75) is 80.0 Å². The number of aliphatic hydroxyl groups excluding tert-OH is 1. The molecular formula is C38H33NO3S4. The summed E-state index contributed by atoms with van der Waals surface area (Å²) in [6, 6.07) is 33.1. The van der Waals surface area contributed by atoms with Crippen LogP contribution in [-0.4, -0.2) is 28.0 Å². The van der Waals surface area contributed by atoms with E-state index < -0.39 is 18.0 Å². The number of fused-ring (bicyclic) bond motifs is 1. The second-order valence-corrected chi connectivity index (χ2v) is 15.7. The number of nitrogens with zero attached hydrogens (tertiary/aromatic N) is 1. The number of carbonyl (C=O) groups is 2. The molecular weight excluding hydrogens is 647 g/mol. The number of aryl methyl sites for hydroxylation is 4. The molecule has 1 aliphatic rings. The number of hydrogen-bond donors (Lipinski definition) is 1. The summed E-state index contributed by atoms with van der Waals surface area (Å²) in [5.41, 5.74) is 5.27. The van der Waals surface area contributed by atoms with Crippen molar-refractivity contribution >= 4 is 58.9 Å². The smallest absolute Gasteiger partial charge is 0.264 e. The monoisotopic (exact) mass is 679 g/mol. The molecule has 0 bridgehead atoms. The number of amides is 2. The lowest BCUT2D eigenvalue weighted by molar-refractivity contribution is 0.0211. The molecule has 46 heavy (non-hydrogen) atoms. The standard InChI is InChI=1S/C38H33NO3S4/c1-22-6-14-27(15-7-22)43-33-31-32(38(42)39(26(5)40)37(31)41)34(44-28-16-8-23(2)9-17-28)36(46-30-20-12-25(4)13-21-30)35(33)45-29-18-10-24(3)11-19-29/h6-21,26,40H,1-5H3. The van der Waals surface area contributed by atoms with E-state index >= 15 is 0 Å². The molecule has 4 nitrogen and oxygen atoms in total. The van der Waals surface area contributed by atoms with E-state index in [1.165, 1.54) is 30.4 Å². The number of rotatable bonds is 9. The first-order valence-corrected chi connectivity index (χ1v) is 18.1. The molecule has 1 N–H and O–H groups in total. The van der Waals surface area contributed by atoms with Gasteiger partial charge in [0, 0.05) is 39.2 Å². The molecule has 5 aromatic carbocycles. The van der Waals surface area contributed by atoms with Gasteiger partial charge in [0.25, 0.3) is 11.8 Å². The van der Waals surface area contributed by atoms with Crippen molar-refractivity contribution in [3.8, 4) is 0 Å². The van der Waals surface area contributed by atoms with Crippen molar-refractivity contribution in [3.05, 3.63) is 130 Å². The highest BCUT2D eigenvalue weighted by Crippen LogP contribution is 2.55. The minimum absolute atomic E-state index is 0.342. The van der Waals surface area contributed by atoms with Crippen molar-refractivity contribution in [3.63, 3.8) is 0 Å². The van der Waals surface area contributed by atoms with E-state index in [9.17, 15) is 14.7 Å². The maximum atomic E-state index is 14.2. The SMILES string of the molecule is Cc1ccc(Sc2c(Sc3ccc(C)cc3)c(Sc3ccc(C)cc3)c3c(c2Sc2ccc(C)cc2)C(=O)N(C(C)O)C3=O)cc1. The van der Waals surface area contributed by atoms with Crippen LogP contribution in [0.15, 0.2) is 136 Å². The molecule has 5 aromatic rings. The highest BCUT2D eigenvalue weighted by molar-refractivity contribution is 8.05. The van der Waals surface area contributed by atoms with Gasteiger partial charge in [0.05, 0.1) is 11.1 Å². The first kappa shape index (κ1) is 32.5. The van der Waals surface area contributed by atoms with Crippen molar-refractivity contribution in [1.82, 2.24) is 4.90 Å². The van der Waals surface area contributed by atoms with Crippen LogP contribution in [0, 0.1) is 27.7 Å².